The molecule has 0 atom stereocenters. The molecular weight excluding hydrogens is 221 g/mol. The fraction of sp³-hybridized carbons (Fsp3) is 0. The van der Waals surface area contributed by atoms with Crippen molar-refractivity contribution in [3.63, 3.8) is 0 Å². The number of anilines is 1. The summed E-state index contributed by atoms with van der Waals surface area (Å²) in [5.41, 5.74) is 6.40. The van der Waals surface area contributed by atoms with Crippen molar-refractivity contribution in [2.45, 2.75) is 0 Å². The normalized spacial score (nSPS) is 10.9. The molecule has 5 nitrogen and oxygen atoms in total. The zero-order chi connectivity index (χ0) is 11.8. The number of nitrogens with two attached hydrogens (primary N) is 1. The minimum absolute atomic E-state index is 0.293. The van der Waals surface area contributed by atoms with Crippen LogP contribution >= 0.6 is 0 Å². The number of hydrogen-bond acceptors (Lipinski definition) is 4. The maximum atomic E-state index is 13.5. The highest BCUT2D eigenvalue weighted by Crippen LogP contribution is 2.19. The maximum Gasteiger partial charge on any atom is 0.252 e. The van der Waals surface area contributed by atoms with Crippen molar-refractivity contribution >= 4 is 11.5 Å². The summed E-state index contributed by atoms with van der Waals surface area (Å²) in [5.74, 6) is 0.315. The smallest absolute Gasteiger partial charge is 0.252 e. The van der Waals surface area contributed by atoms with E-state index in [0.717, 1.165) is 0 Å². The summed E-state index contributed by atoms with van der Waals surface area (Å²) >= 11 is 0. The van der Waals surface area contributed by atoms with Crippen LogP contribution in [0.2, 0.25) is 0 Å². The molecule has 17 heavy (non-hydrogen) atoms. The van der Waals surface area contributed by atoms with E-state index in [2.05, 4.69) is 15.1 Å². The lowest BCUT2D eigenvalue weighted by Crippen LogP contribution is -1.94. The van der Waals surface area contributed by atoms with Gasteiger partial charge in [0.1, 0.15) is 5.82 Å². The van der Waals surface area contributed by atoms with E-state index >= 15 is 0 Å². The van der Waals surface area contributed by atoms with E-state index in [1.54, 1.807) is 24.4 Å². The van der Waals surface area contributed by atoms with Crippen LogP contribution in [-0.4, -0.2) is 19.6 Å². The van der Waals surface area contributed by atoms with E-state index in [-0.39, 0.29) is 5.82 Å². The fourth-order valence-corrected chi connectivity index (χ4v) is 1.55. The van der Waals surface area contributed by atoms with Crippen LogP contribution in [-0.2, 0) is 0 Å². The van der Waals surface area contributed by atoms with Crippen molar-refractivity contribution in [3.8, 4) is 11.4 Å². The van der Waals surface area contributed by atoms with Gasteiger partial charge in [-0.1, -0.05) is 12.1 Å². The molecule has 1 aromatic carbocycles. The van der Waals surface area contributed by atoms with Crippen molar-refractivity contribution < 1.29 is 4.39 Å². The molecule has 0 bridgehead atoms. The Kier molecular flexibility index (Phi) is 2.01. The molecule has 2 aromatic heterocycles. The van der Waals surface area contributed by atoms with E-state index < -0.39 is 0 Å². The van der Waals surface area contributed by atoms with Gasteiger partial charge < -0.3 is 5.73 Å². The van der Waals surface area contributed by atoms with Gasteiger partial charge in [-0.2, -0.15) is 4.98 Å². The second-order valence-corrected chi connectivity index (χ2v) is 3.55. The largest absolute Gasteiger partial charge is 0.396 e. The van der Waals surface area contributed by atoms with Gasteiger partial charge in [0.05, 0.1) is 23.6 Å². The first-order chi connectivity index (χ1) is 8.24. The summed E-state index contributed by atoms with van der Waals surface area (Å²) in [6.07, 6.45) is 3.06. The molecule has 0 unspecified atom stereocenters. The number of halogens is 1. The third-order valence-electron chi connectivity index (χ3n) is 2.33. The van der Waals surface area contributed by atoms with E-state index in [4.69, 9.17) is 5.73 Å². The molecule has 0 spiro atoms. The van der Waals surface area contributed by atoms with Gasteiger partial charge in [0, 0.05) is 0 Å². The van der Waals surface area contributed by atoms with Crippen LogP contribution in [0.1, 0.15) is 0 Å². The summed E-state index contributed by atoms with van der Waals surface area (Å²) in [5, 5.41) is 4.13. The summed E-state index contributed by atoms with van der Waals surface area (Å²) in [6.45, 7) is 0. The average Bonchev–Trinajstić information content (AvgIpc) is 2.72. The fourth-order valence-electron chi connectivity index (χ4n) is 1.55. The first kappa shape index (κ1) is 9.71. The Labute approximate surface area is 95.7 Å². The molecule has 2 N–H and O–H groups in total. The Hall–Kier alpha value is -2.50. The number of nitrogens with zero attached hydrogens (tertiary/aromatic N) is 4. The van der Waals surface area contributed by atoms with E-state index in [1.807, 2.05) is 0 Å². The van der Waals surface area contributed by atoms with Crippen LogP contribution in [0.25, 0.3) is 17.2 Å². The number of benzene rings is 1. The lowest BCUT2D eigenvalue weighted by Gasteiger charge is -1.95. The zero-order valence-electron chi connectivity index (χ0n) is 8.71. The van der Waals surface area contributed by atoms with Crippen molar-refractivity contribution in [2.75, 3.05) is 5.73 Å². The Morgan fingerprint density at radius 3 is 2.88 bits per heavy atom. The van der Waals surface area contributed by atoms with Crippen molar-refractivity contribution in [1.29, 1.82) is 0 Å². The minimum atomic E-state index is -0.364. The molecule has 0 aliphatic carbocycles. The Morgan fingerprint density at radius 1 is 1.24 bits per heavy atom. The summed E-state index contributed by atoms with van der Waals surface area (Å²) < 4.78 is 15.0. The summed E-state index contributed by atoms with van der Waals surface area (Å²) in [4.78, 5) is 8.13. The molecule has 6 heteroatoms. The van der Waals surface area contributed by atoms with Gasteiger partial charge in [-0.15, -0.1) is 5.10 Å². The van der Waals surface area contributed by atoms with Gasteiger partial charge in [0.15, 0.2) is 5.82 Å². The zero-order valence-corrected chi connectivity index (χ0v) is 8.71. The van der Waals surface area contributed by atoms with Crippen LogP contribution in [0.5, 0.6) is 0 Å². The van der Waals surface area contributed by atoms with Crippen LogP contribution in [0.3, 0.4) is 0 Å². The molecule has 0 saturated heterocycles. The van der Waals surface area contributed by atoms with Crippen LogP contribution in [0.15, 0.2) is 36.7 Å². The molecule has 0 aliphatic heterocycles. The van der Waals surface area contributed by atoms with E-state index in [1.165, 1.54) is 16.8 Å². The van der Waals surface area contributed by atoms with Crippen molar-refractivity contribution in [1.82, 2.24) is 19.6 Å². The standard InChI is InChI=1S/C11H8FN5/c12-9-4-2-1-3-8(9)10-15-11-14-5-7(13)6-17(11)16-10/h1-6H,13H2. The van der Waals surface area contributed by atoms with Gasteiger partial charge >= 0.3 is 0 Å². The highest BCUT2D eigenvalue weighted by molar-refractivity contribution is 5.57. The van der Waals surface area contributed by atoms with E-state index in [0.29, 0.717) is 22.9 Å². The first-order valence-electron chi connectivity index (χ1n) is 4.97. The molecule has 3 aromatic rings. The Morgan fingerprint density at radius 2 is 2.06 bits per heavy atom. The Bertz CT molecular complexity index is 691. The van der Waals surface area contributed by atoms with Crippen LogP contribution < -0.4 is 5.73 Å². The van der Waals surface area contributed by atoms with Gasteiger partial charge in [-0.3, -0.25) is 0 Å². The molecule has 84 valence electrons. The molecule has 0 saturated carbocycles. The lowest BCUT2D eigenvalue weighted by atomic mass is 10.2. The quantitative estimate of drug-likeness (QED) is 0.686. The highest BCUT2D eigenvalue weighted by Gasteiger charge is 2.10. The number of aromatic nitrogens is 4. The second kappa shape index (κ2) is 3.51. The van der Waals surface area contributed by atoms with Crippen LogP contribution in [0, 0.1) is 5.82 Å². The van der Waals surface area contributed by atoms with Gasteiger partial charge in [-0.05, 0) is 12.1 Å². The van der Waals surface area contributed by atoms with Crippen LogP contribution in [0.4, 0.5) is 10.1 Å². The lowest BCUT2D eigenvalue weighted by molar-refractivity contribution is 0.630. The van der Waals surface area contributed by atoms with Crippen molar-refractivity contribution in [2.24, 2.45) is 0 Å². The molecule has 0 fully saturated rings. The van der Waals surface area contributed by atoms with E-state index in [9.17, 15) is 4.39 Å². The number of fused-ring (bicyclic) bond motifs is 1. The summed E-state index contributed by atoms with van der Waals surface area (Å²) in [7, 11) is 0. The van der Waals surface area contributed by atoms with Gasteiger partial charge in [0.25, 0.3) is 5.78 Å². The topological polar surface area (TPSA) is 69.1 Å². The molecule has 0 amide bonds. The number of hydrogen-bond donors (Lipinski definition) is 1. The second-order valence-electron chi connectivity index (χ2n) is 3.55. The SMILES string of the molecule is Nc1cnc2nc(-c3ccccc3F)nn2c1. The maximum absolute atomic E-state index is 13.5. The third-order valence-corrected chi connectivity index (χ3v) is 2.33. The highest BCUT2D eigenvalue weighted by atomic mass is 19.1. The van der Waals surface area contributed by atoms with Gasteiger partial charge in [0.2, 0.25) is 0 Å². The molecule has 0 radical (unpaired) electrons. The number of rotatable bonds is 1. The predicted octanol–water partition coefficient (Wildman–Crippen LogP) is 1.51. The molecule has 0 aliphatic rings. The molecule has 3 rings (SSSR count). The minimum Gasteiger partial charge on any atom is -0.396 e. The predicted molar refractivity (Wildman–Crippen MR) is 60.6 cm³/mol. The first-order valence-corrected chi connectivity index (χ1v) is 4.97. The summed E-state index contributed by atoms with van der Waals surface area (Å²) in [6, 6.07) is 6.33. The number of nitrogen functional groups attached to an aromatic ring is 1. The monoisotopic (exact) mass is 229 g/mol. The molecular formula is C11H8FN5. The third kappa shape index (κ3) is 1.59. The Balaban J connectivity index is 2.22. The van der Waals surface area contributed by atoms with Gasteiger partial charge in [-0.25, -0.2) is 13.9 Å². The molecule has 2 heterocycles. The average molecular weight is 229 g/mol. The van der Waals surface area contributed by atoms with Crippen molar-refractivity contribution in [3.05, 3.63) is 42.5 Å².